The molecule has 2 aromatic rings. The number of aromatic nitrogens is 1. The number of hydrogen-bond acceptors (Lipinski definition) is 6. The zero-order valence-corrected chi connectivity index (χ0v) is 17.0. The van der Waals surface area contributed by atoms with Crippen LogP contribution in [0.2, 0.25) is 0 Å². The number of sulfonamides is 1. The van der Waals surface area contributed by atoms with E-state index in [9.17, 15) is 21.6 Å². The first-order valence-corrected chi connectivity index (χ1v) is 10.9. The van der Waals surface area contributed by atoms with E-state index in [0.29, 0.717) is 37.8 Å². The van der Waals surface area contributed by atoms with Crippen LogP contribution in [0.15, 0.2) is 47.5 Å². The highest BCUT2D eigenvalue weighted by Crippen LogP contribution is 2.29. The Bertz CT molecular complexity index is 935. The van der Waals surface area contributed by atoms with E-state index in [1.165, 1.54) is 18.2 Å². The van der Waals surface area contributed by atoms with Gasteiger partial charge < -0.3 is 9.64 Å². The van der Waals surface area contributed by atoms with E-state index in [2.05, 4.69) is 9.88 Å². The van der Waals surface area contributed by atoms with Gasteiger partial charge in [-0.15, -0.1) is 0 Å². The van der Waals surface area contributed by atoms with Gasteiger partial charge in [-0.2, -0.15) is 13.2 Å². The number of anilines is 1. The Hall–Kier alpha value is -2.37. The lowest BCUT2D eigenvalue weighted by atomic mass is 10.2. The van der Waals surface area contributed by atoms with Gasteiger partial charge in [0.25, 0.3) is 0 Å². The molecule has 2 heterocycles. The van der Waals surface area contributed by atoms with Gasteiger partial charge in [0.15, 0.2) is 0 Å². The number of primary sulfonamides is 1. The molecule has 0 amide bonds. The molecule has 11 heteroatoms. The number of benzene rings is 1. The highest BCUT2D eigenvalue weighted by Gasteiger charge is 2.31. The van der Waals surface area contributed by atoms with Crippen LogP contribution in [0.4, 0.5) is 19.0 Å². The maximum atomic E-state index is 12.7. The summed E-state index contributed by atoms with van der Waals surface area (Å²) in [5.74, 6) is 1.09. The van der Waals surface area contributed by atoms with Crippen LogP contribution < -0.4 is 14.8 Å². The van der Waals surface area contributed by atoms with E-state index < -0.39 is 21.8 Å². The molecule has 7 nitrogen and oxygen atoms in total. The van der Waals surface area contributed by atoms with Crippen LogP contribution in [-0.4, -0.2) is 57.6 Å². The van der Waals surface area contributed by atoms with E-state index in [-0.39, 0.29) is 4.90 Å². The molecule has 1 saturated heterocycles. The first-order valence-electron chi connectivity index (χ1n) is 9.39. The van der Waals surface area contributed by atoms with Gasteiger partial charge in [0.1, 0.15) is 18.2 Å². The number of ether oxygens (including phenoxy) is 1. The van der Waals surface area contributed by atoms with Crippen molar-refractivity contribution < 1.29 is 26.3 Å². The summed E-state index contributed by atoms with van der Waals surface area (Å²) in [6, 6.07) is 8.37. The molecule has 0 bridgehead atoms. The molecule has 0 saturated carbocycles. The second kappa shape index (κ2) is 9.19. The summed E-state index contributed by atoms with van der Waals surface area (Å²) in [5, 5.41) is 5.07. The third-order valence-corrected chi connectivity index (χ3v) is 5.75. The molecular formula is C19H23F3N4O3S. The topological polar surface area (TPSA) is 88.8 Å². The zero-order chi connectivity index (χ0) is 21.8. The Morgan fingerprint density at radius 3 is 2.37 bits per heavy atom. The molecule has 0 atom stereocenters. The minimum absolute atomic E-state index is 0.0272. The lowest BCUT2D eigenvalue weighted by molar-refractivity contribution is -0.137. The van der Waals surface area contributed by atoms with Gasteiger partial charge in [0, 0.05) is 38.9 Å². The molecule has 1 aromatic carbocycles. The molecule has 1 aromatic heterocycles. The molecule has 1 fully saturated rings. The largest absolute Gasteiger partial charge is 0.492 e. The van der Waals surface area contributed by atoms with Crippen molar-refractivity contribution in [2.75, 3.05) is 44.2 Å². The van der Waals surface area contributed by atoms with E-state index in [0.717, 1.165) is 31.8 Å². The summed E-state index contributed by atoms with van der Waals surface area (Å²) in [5.41, 5.74) is -0.753. The van der Waals surface area contributed by atoms with E-state index in [1.807, 2.05) is 4.90 Å². The van der Waals surface area contributed by atoms with Crippen molar-refractivity contribution in [2.24, 2.45) is 5.14 Å². The standard InChI is InChI=1S/C19H23F3N4O3S/c20-19(21,22)15-2-7-18(24-14-15)26-9-1-8-25(10-11-26)12-13-29-16-3-5-17(6-4-16)30(23,27)28/h2-7,14H,1,8-13H2,(H2,23,27,28). The van der Waals surface area contributed by atoms with Crippen molar-refractivity contribution in [1.82, 2.24) is 9.88 Å². The van der Waals surface area contributed by atoms with Gasteiger partial charge in [-0.25, -0.2) is 18.5 Å². The first-order chi connectivity index (χ1) is 14.1. The van der Waals surface area contributed by atoms with Crippen LogP contribution in [0.3, 0.4) is 0 Å². The number of nitrogens with zero attached hydrogens (tertiary/aromatic N) is 3. The third kappa shape index (κ3) is 6.07. The summed E-state index contributed by atoms with van der Waals surface area (Å²) < 4.78 is 66.2. The lowest BCUT2D eigenvalue weighted by Crippen LogP contribution is -2.33. The van der Waals surface area contributed by atoms with Crippen molar-refractivity contribution in [3.63, 3.8) is 0 Å². The average molecular weight is 444 g/mol. The Labute approximate surface area is 173 Å². The molecule has 1 aliphatic rings. The van der Waals surface area contributed by atoms with Crippen molar-refractivity contribution in [2.45, 2.75) is 17.5 Å². The molecule has 30 heavy (non-hydrogen) atoms. The number of pyridine rings is 1. The monoisotopic (exact) mass is 444 g/mol. The van der Waals surface area contributed by atoms with Gasteiger partial charge in [-0.3, -0.25) is 4.90 Å². The summed E-state index contributed by atoms with van der Waals surface area (Å²) in [4.78, 5) is 8.19. The Kier molecular flexibility index (Phi) is 6.84. The minimum atomic E-state index is -4.39. The molecule has 3 rings (SSSR count). The highest BCUT2D eigenvalue weighted by atomic mass is 32.2. The number of alkyl halides is 3. The van der Waals surface area contributed by atoms with E-state index in [4.69, 9.17) is 9.88 Å². The maximum absolute atomic E-state index is 12.7. The fourth-order valence-electron chi connectivity index (χ4n) is 3.18. The lowest BCUT2D eigenvalue weighted by Gasteiger charge is -2.23. The molecular weight excluding hydrogens is 421 g/mol. The zero-order valence-electron chi connectivity index (χ0n) is 16.2. The van der Waals surface area contributed by atoms with Crippen molar-refractivity contribution in [1.29, 1.82) is 0 Å². The van der Waals surface area contributed by atoms with Gasteiger partial charge in [0.2, 0.25) is 10.0 Å². The smallest absolute Gasteiger partial charge is 0.417 e. The Balaban J connectivity index is 1.47. The first kappa shape index (κ1) is 22.3. The SMILES string of the molecule is NS(=O)(=O)c1ccc(OCCN2CCCN(c3ccc(C(F)(F)F)cn3)CC2)cc1. The van der Waals surface area contributed by atoms with Crippen molar-refractivity contribution >= 4 is 15.8 Å². The predicted octanol–water partition coefficient (Wildman–Crippen LogP) is 2.34. The average Bonchev–Trinajstić information content (AvgIpc) is 2.93. The second-order valence-electron chi connectivity index (χ2n) is 6.95. The van der Waals surface area contributed by atoms with Crippen molar-refractivity contribution in [3.8, 4) is 5.75 Å². The van der Waals surface area contributed by atoms with Crippen molar-refractivity contribution in [3.05, 3.63) is 48.2 Å². The highest BCUT2D eigenvalue weighted by molar-refractivity contribution is 7.89. The van der Waals surface area contributed by atoms with Crippen LogP contribution in [-0.2, 0) is 16.2 Å². The third-order valence-electron chi connectivity index (χ3n) is 4.82. The fraction of sp³-hybridized carbons (Fsp3) is 0.421. The number of nitrogens with two attached hydrogens (primary N) is 1. The predicted molar refractivity (Wildman–Crippen MR) is 106 cm³/mol. The molecule has 0 radical (unpaired) electrons. The van der Waals surface area contributed by atoms with Crippen LogP contribution in [0.25, 0.3) is 0 Å². The van der Waals surface area contributed by atoms with E-state index in [1.54, 1.807) is 12.1 Å². The number of hydrogen-bond donors (Lipinski definition) is 1. The summed E-state index contributed by atoms with van der Waals surface area (Å²) in [6.45, 7) is 4.03. The van der Waals surface area contributed by atoms with Gasteiger partial charge >= 0.3 is 6.18 Å². The molecule has 0 spiro atoms. The van der Waals surface area contributed by atoms with Crippen LogP contribution in [0, 0.1) is 0 Å². The normalized spacial score (nSPS) is 16.3. The quantitative estimate of drug-likeness (QED) is 0.736. The number of halogens is 3. The Morgan fingerprint density at radius 1 is 1.03 bits per heavy atom. The maximum Gasteiger partial charge on any atom is 0.417 e. The fourth-order valence-corrected chi connectivity index (χ4v) is 3.70. The molecule has 0 aliphatic carbocycles. The summed E-state index contributed by atoms with van der Waals surface area (Å²) >= 11 is 0. The van der Waals surface area contributed by atoms with Gasteiger partial charge in [0.05, 0.1) is 10.5 Å². The van der Waals surface area contributed by atoms with Crippen LogP contribution in [0.5, 0.6) is 5.75 Å². The van der Waals surface area contributed by atoms with Gasteiger partial charge in [-0.05, 0) is 42.8 Å². The molecule has 164 valence electrons. The summed E-state index contributed by atoms with van der Waals surface area (Å²) in [6.07, 6.45) is -2.67. The van der Waals surface area contributed by atoms with Crippen LogP contribution in [0.1, 0.15) is 12.0 Å². The second-order valence-corrected chi connectivity index (χ2v) is 8.51. The molecule has 1 aliphatic heterocycles. The molecule has 0 unspecified atom stereocenters. The number of rotatable bonds is 6. The van der Waals surface area contributed by atoms with E-state index >= 15 is 0 Å². The van der Waals surface area contributed by atoms with Gasteiger partial charge in [-0.1, -0.05) is 0 Å². The Morgan fingerprint density at radius 2 is 1.77 bits per heavy atom. The summed E-state index contributed by atoms with van der Waals surface area (Å²) in [7, 11) is -3.73. The molecule has 2 N–H and O–H groups in total. The van der Waals surface area contributed by atoms with Crippen LogP contribution >= 0.6 is 0 Å². The minimum Gasteiger partial charge on any atom is -0.492 e.